The lowest BCUT2D eigenvalue weighted by Gasteiger charge is -2.33. The van der Waals surface area contributed by atoms with Crippen molar-refractivity contribution in [2.24, 2.45) is 11.3 Å². The summed E-state index contributed by atoms with van der Waals surface area (Å²) in [6.07, 6.45) is 8.12. The van der Waals surface area contributed by atoms with Crippen molar-refractivity contribution in [2.75, 3.05) is 5.75 Å². The second-order valence-electron chi connectivity index (χ2n) is 10.3. The first kappa shape index (κ1) is 23.6. The Hall–Kier alpha value is -1.59. The predicted molar refractivity (Wildman–Crippen MR) is 140 cm³/mol. The minimum Gasteiger partial charge on any atom is -0.268 e. The maximum atomic E-state index is 13.9. The van der Waals surface area contributed by atoms with E-state index in [4.69, 9.17) is 4.98 Å². The molecule has 3 nitrogen and oxygen atoms in total. The van der Waals surface area contributed by atoms with Gasteiger partial charge in [0.25, 0.3) is 5.56 Å². The van der Waals surface area contributed by atoms with Crippen molar-refractivity contribution in [3.05, 3.63) is 50.6 Å². The van der Waals surface area contributed by atoms with Crippen LogP contribution in [0.2, 0.25) is 0 Å². The van der Waals surface area contributed by atoms with E-state index >= 15 is 0 Å². The Labute approximate surface area is 200 Å². The summed E-state index contributed by atoms with van der Waals surface area (Å²) in [6, 6.07) is 8.27. The third-order valence-electron chi connectivity index (χ3n) is 6.80. The first-order chi connectivity index (χ1) is 15.3. The Kier molecular flexibility index (Phi) is 7.16. The number of aryl methyl sites for hydroxylation is 2. The zero-order valence-corrected chi connectivity index (χ0v) is 21.8. The molecule has 1 aliphatic rings. The molecule has 32 heavy (non-hydrogen) atoms. The van der Waals surface area contributed by atoms with Crippen molar-refractivity contribution >= 4 is 33.3 Å². The summed E-state index contributed by atoms with van der Waals surface area (Å²) in [5, 5.41) is 1.71. The van der Waals surface area contributed by atoms with Crippen molar-refractivity contribution in [1.29, 1.82) is 0 Å². The van der Waals surface area contributed by atoms with E-state index in [1.807, 2.05) is 4.57 Å². The molecule has 1 atom stereocenters. The molecule has 2 heterocycles. The quantitative estimate of drug-likeness (QED) is 0.204. The zero-order valence-electron chi connectivity index (χ0n) is 20.2. The zero-order chi connectivity index (χ0) is 22.9. The minimum atomic E-state index is 0.113. The van der Waals surface area contributed by atoms with Crippen molar-refractivity contribution in [3.8, 4) is 5.69 Å². The van der Waals surface area contributed by atoms with Crippen molar-refractivity contribution in [1.82, 2.24) is 9.55 Å². The molecule has 5 heteroatoms. The predicted octanol–water partition coefficient (Wildman–Crippen LogP) is 7.58. The Morgan fingerprint density at radius 3 is 2.59 bits per heavy atom. The second-order valence-corrected chi connectivity index (χ2v) is 12.4. The molecule has 172 valence electrons. The van der Waals surface area contributed by atoms with Crippen LogP contribution in [0.1, 0.15) is 75.8 Å². The molecule has 2 aromatic heterocycles. The van der Waals surface area contributed by atoms with Crippen LogP contribution in [0.3, 0.4) is 0 Å². The Morgan fingerprint density at radius 2 is 1.91 bits per heavy atom. The summed E-state index contributed by atoms with van der Waals surface area (Å²) in [4.78, 5) is 21.3. The number of aromatic nitrogens is 2. The monoisotopic (exact) mass is 468 g/mol. The summed E-state index contributed by atoms with van der Waals surface area (Å²) in [5.41, 5.74) is 3.80. The molecular weight excluding hydrogens is 432 g/mol. The number of rotatable bonds is 7. The van der Waals surface area contributed by atoms with E-state index in [9.17, 15) is 4.79 Å². The highest BCUT2D eigenvalue weighted by molar-refractivity contribution is 7.99. The molecule has 0 saturated carbocycles. The van der Waals surface area contributed by atoms with Gasteiger partial charge in [0.2, 0.25) is 0 Å². The first-order valence-electron chi connectivity index (χ1n) is 12.1. The van der Waals surface area contributed by atoms with Crippen LogP contribution in [0.5, 0.6) is 0 Å². The number of hydrogen-bond donors (Lipinski definition) is 0. The largest absolute Gasteiger partial charge is 0.268 e. The Balaban J connectivity index is 1.78. The van der Waals surface area contributed by atoms with Crippen molar-refractivity contribution in [2.45, 2.75) is 84.7 Å². The van der Waals surface area contributed by atoms with E-state index in [1.54, 1.807) is 23.1 Å². The second kappa shape index (κ2) is 9.72. The van der Waals surface area contributed by atoms with Crippen LogP contribution >= 0.6 is 23.1 Å². The molecule has 1 aliphatic carbocycles. The lowest BCUT2D eigenvalue weighted by molar-refractivity contribution is 0.218. The van der Waals surface area contributed by atoms with Gasteiger partial charge >= 0.3 is 0 Å². The maximum absolute atomic E-state index is 13.9. The van der Waals surface area contributed by atoms with E-state index < -0.39 is 0 Å². The summed E-state index contributed by atoms with van der Waals surface area (Å²) < 4.78 is 1.87. The number of nitrogens with zero attached hydrogens (tertiary/aromatic N) is 2. The van der Waals surface area contributed by atoms with Crippen LogP contribution in [0, 0.1) is 18.3 Å². The normalized spacial score (nSPS) is 16.5. The van der Waals surface area contributed by atoms with Gasteiger partial charge < -0.3 is 0 Å². The van der Waals surface area contributed by atoms with Gasteiger partial charge in [-0.15, -0.1) is 11.3 Å². The molecule has 0 unspecified atom stereocenters. The number of benzene rings is 1. The summed E-state index contributed by atoms with van der Waals surface area (Å²) in [5.74, 6) is 1.66. The lowest BCUT2D eigenvalue weighted by atomic mass is 9.72. The van der Waals surface area contributed by atoms with Crippen LogP contribution < -0.4 is 5.56 Å². The van der Waals surface area contributed by atoms with Gasteiger partial charge in [-0.05, 0) is 61.6 Å². The van der Waals surface area contributed by atoms with Gasteiger partial charge in [-0.3, -0.25) is 9.36 Å². The fourth-order valence-electron chi connectivity index (χ4n) is 4.66. The third kappa shape index (κ3) is 4.84. The van der Waals surface area contributed by atoms with Crippen LogP contribution in [0.15, 0.2) is 34.2 Å². The van der Waals surface area contributed by atoms with Gasteiger partial charge in [-0.1, -0.05) is 76.4 Å². The van der Waals surface area contributed by atoms with Gasteiger partial charge in [-0.25, -0.2) is 4.98 Å². The molecule has 0 N–H and O–H groups in total. The van der Waals surface area contributed by atoms with E-state index in [2.05, 4.69) is 58.9 Å². The highest BCUT2D eigenvalue weighted by atomic mass is 32.2. The average molecular weight is 469 g/mol. The van der Waals surface area contributed by atoms with Gasteiger partial charge in [0.15, 0.2) is 5.16 Å². The molecule has 0 radical (unpaired) electrons. The standard InChI is InChI=1S/C27H36N2OS2/c1-6-7-8-9-16-31-26-28-24-23(25(30)29(26)20-13-10-18(2)11-14-20)21-15-12-19(27(3,4)5)17-22(21)32-24/h10-11,13-14,19H,6-9,12,15-17H2,1-5H3/t19-/m1/s1. The smallest absolute Gasteiger partial charge is 0.267 e. The Morgan fingerprint density at radius 1 is 1.16 bits per heavy atom. The molecule has 0 saturated heterocycles. The molecule has 0 amide bonds. The minimum absolute atomic E-state index is 0.113. The van der Waals surface area contributed by atoms with Gasteiger partial charge in [-0.2, -0.15) is 0 Å². The van der Waals surface area contributed by atoms with Crippen molar-refractivity contribution in [3.63, 3.8) is 0 Å². The topological polar surface area (TPSA) is 34.9 Å². The van der Waals surface area contributed by atoms with Crippen molar-refractivity contribution < 1.29 is 0 Å². The molecule has 0 bridgehead atoms. The van der Waals surface area contributed by atoms with Gasteiger partial charge in [0.05, 0.1) is 11.1 Å². The average Bonchev–Trinajstić information content (AvgIpc) is 3.12. The van der Waals surface area contributed by atoms with Crippen LogP contribution in [0.25, 0.3) is 15.9 Å². The summed E-state index contributed by atoms with van der Waals surface area (Å²) in [7, 11) is 0. The molecule has 0 spiro atoms. The number of fused-ring (bicyclic) bond motifs is 3. The Bertz CT molecular complexity index is 1140. The molecule has 1 aromatic carbocycles. The van der Waals surface area contributed by atoms with E-state index in [0.717, 1.165) is 52.5 Å². The summed E-state index contributed by atoms with van der Waals surface area (Å²) >= 11 is 3.50. The summed E-state index contributed by atoms with van der Waals surface area (Å²) in [6.45, 7) is 11.3. The lowest BCUT2D eigenvalue weighted by Crippen LogP contribution is -2.27. The first-order valence-corrected chi connectivity index (χ1v) is 13.9. The highest BCUT2D eigenvalue weighted by Gasteiger charge is 2.32. The molecule has 3 aromatic rings. The van der Waals surface area contributed by atoms with E-state index in [1.165, 1.54) is 35.3 Å². The van der Waals surface area contributed by atoms with Crippen LogP contribution in [-0.4, -0.2) is 15.3 Å². The number of unbranched alkanes of at least 4 members (excludes halogenated alkanes) is 3. The van der Waals surface area contributed by atoms with Crippen LogP contribution in [0.4, 0.5) is 0 Å². The van der Waals surface area contributed by atoms with E-state index in [0.29, 0.717) is 11.3 Å². The molecule has 0 fully saturated rings. The fourth-order valence-corrected chi connectivity index (χ4v) is 7.01. The molecular formula is C27H36N2OS2. The van der Waals surface area contributed by atoms with Gasteiger partial charge in [0, 0.05) is 10.6 Å². The maximum Gasteiger partial charge on any atom is 0.267 e. The van der Waals surface area contributed by atoms with E-state index in [-0.39, 0.29) is 5.56 Å². The molecule has 0 aliphatic heterocycles. The van der Waals surface area contributed by atoms with Gasteiger partial charge in [0.1, 0.15) is 4.83 Å². The number of hydrogen-bond acceptors (Lipinski definition) is 4. The third-order valence-corrected chi connectivity index (χ3v) is 8.97. The molecule has 4 rings (SSSR count). The SMILES string of the molecule is CCCCCCSc1nc2sc3c(c2c(=O)n1-c1ccc(C)cc1)CC[C@@H](C(C)(C)C)C3. The highest BCUT2D eigenvalue weighted by Crippen LogP contribution is 2.42. The fraction of sp³-hybridized carbons (Fsp3) is 0.556. The number of thiophene rings is 1. The number of thioether (sulfide) groups is 1. The van der Waals surface area contributed by atoms with Crippen LogP contribution in [-0.2, 0) is 12.8 Å².